The minimum atomic E-state index is 0.863. The van der Waals surface area contributed by atoms with Gasteiger partial charge in [0.1, 0.15) is 0 Å². The molecular weight excluding hydrogens is 204 g/mol. The lowest BCUT2D eigenvalue weighted by Gasteiger charge is -2.00. The summed E-state index contributed by atoms with van der Waals surface area (Å²) in [6, 6.07) is 4.04. The normalized spacial score (nSPS) is 12.0. The van der Waals surface area contributed by atoms with Gasteiger partial charge in [-0.3, -0.25) is 0 Å². The summed E-state index contributed by atoms with van der Waals surface area (Å²) < 4.78 is 1.21. The highest BCUT2D eigenvalue weighted by Gasteiger charge is 2.04. The molecule has 76 valence electrons. The second-order valence-corrected chi connectivity index (χ2v) is 4.26. The molecule has 0 atom stereocenters. The Morgan fingerprint density at radius 1 is 1.47 bits per heavy atom. The Morgan fingerprint density at radius 2 is 2.27 bits per heavy atom. The summed E-state index contributed by atoms with van der Waals surface area (Å²) in [6.45, 7) is 3.99. The Balaban J connectivity index is 2.64. The molecule has 2 rings (SSSR count). The summed E-state index contributed by atoms with van der Waals surface area (Å²) in [5.74, 6) is 0. The first kappa shape index (κ1) is 10.1. The molecule has 0 aromatic carbocycles. The predicted molar refractivity (Wildman–Crippen MR) is 66.8 cm³/mol. The SMILES string of the molecule is C/C=C(\C=N)c1ccc2scc(C)c2n1. The van der Waals surface area contributed by atoms with Crippen LogP contribution in [-0.2, 0) is 0 Å². The first-order chi connectivity index (χ1) is 7.26. The molecule has 0 aliphatic rings. The van der Waals surface area contributed by atoms with E-state index in [1.54, 1.807) is 11.3 Å². The lowest BCUT2D eigenvalue weighted by Crippen LogP contribution is -1.89. The van der Waals surface area contributed by atoms with Crippen molar-refractivity contribution in [2.24, 2.45) is 0 Å². The fraction of sp³-hybridized carbons (Fsp3) is 0.167. The van der Waals surface area contributed by atoms with Crippen molar-refractivity contribution >= 4 is 33.3 Å². The number of pyridine rings is 1. The largest absolute Gasteiger partial charge is 0.308 e. The number of nitrogens with zero attached hydrogens (tertiary/aromatic N) is 1. The molecule has 2 aromatic heterocycles. The van der Waals surface area contributed by atoms with Gasteiger partial charge in [0.2, 0.25) is 0 Å². The van der Waals surface area contributed by atoms with E-state index in [9.17, 15) is 0 Å². The molecule has 0 amide bonds. The van der Waals surface area contributed by atoms with Gasteiger partial charge >= 0.3 is 0 Å². The highest BCUT2D eigenvalue weighted by Crippen LogP contribution is 2.25. The van der Waals surface area contributed by atoms with E-state index in [4.69, 9.17) is 5.41 Å². The Labute approximate surface area is 92.8 Å². The summed E-state index contributed by atoms with van der Waals surface area (Å²) in [7, 11) is 0. The molecule has 0 aliphatic heterocycles. The first-order valence-electron chi connectivity index (χ1n) is 4.78. The predicted octanol–water partition coefficient (Wildman–Crippen LogP) is 3.66. The lowest BCUT2D eigenvalue weighted by atomic mass is 10.1. The number of nitrogens with one attached hydrogen (secondary N) is 1. The van der Waals surface area contributed by atoms with Crippen molar-refractivity contribution in [2.45, 2.75) is 13.8 Å². The molecule has 0 bridgehead atoms. The zero-order valence-electron chi connectivity index (χ0n) is 8.74. The topological polar surface area (TPSA) is 36.7 Å². The van der Waals surface area contributed by atoms with E-state index in [-0.39, 0.29) is 0 Å². The van der Waals surface area contributed by atoms with Crippen LogP contribution in [0.25, 0.3) is 15.8 Å². The van der Waals surface area contributed by atoms with Crippen LogP contribution in [0.2, 0.25) is 0 Å². The molecule has 0 saturated heterocycles. The molecule has 0 radical (unpaired) electrons. The molecule has 0 fully saturated rings. The number of hydrogen-bond donors (Lipinski definition) is 1. The van der Waals surface area contributed by atoms with E-state index >= 15 is 0 Å². The fourth-order valence-electron chi connectivity index (χ4n) is 1.50. The van der Waals surface area contributed by atoms with Gasteiger partial charge < -0.3 is 5.41 Å². The number of thiophene rings is 1. The van der Waals surface area contributed by atoms with Crippen molar-refractivity contribution in [1.29, 1.82) is 5.41 Å². The average molecular weight is 216 g/mol. The second-order valence-electron chi connectivity index (χ2n) is 3.35. The number of allylic oxidation sites excluding steroid dienone is 2. The third kappa shape index (κ3) is 1.70. The van der Waals surface area contributed by atoms with E-state index in [1.165, 1.54) is 16.5 Å². The van der Waals surface area contributed by atoms with Gasteiger partial charge in [0.15, 0.2) is 0 Å². The van der Waals surface area contributed by atoms with E-state index in [0.717, 1.165) is 16.8 Å². The maximum absolute atomic E-state index is 7.29. The molecule has 0 spiro atoms. The number of hydrogen-bond acceptors (Lipinski definition) is 3. The Bertz CT molecular complexity index is 538. The van der Waals surface area contributed by atoms with Crippen LogP contribution in [0, 0.1) is 12.3 Å². The summed E-state index contributed by atoms with van der Waals surface area (Å²) in [5.41, 5.74) is 4.00. The van der Waals surface area contributed by atoms with Gasteiger partial charge in [-0.05, 0) is 36.9 Å². The van der Waals surface area contributed by atoms with Crippen LogP contribution in [0.4, 0.5) is 0 Å². The van der Waals surface area contributed by atoms with Crippen molar-refractivity contribution in [3.05, 3.63) is 34.8 Å². The van der Waals surface area contributed by atoms with Crippen LogP contribution < -0.4 is 0 Å². The standard InChI is InChI=1S/C12H12N2S/c1-3-9(6-13)10-4-5-11-12(14-10)8(2)7-15-11/h3-7,13H,1-2H3/b9-3+,13-6?. The molecule has 15 heavy (non-hydrogen) atoms. The van der Waals surface area contributed by atoms with Gasteiger partial charge in [0, 0.05) is 11.8 Å². The van der Waals surface area contributed by atoms with Gasteiger partial charge in [-0.15, -0.1) is 11.3 Å². The zero-order valence-corrected chi connectivity index (χ0v) is 9.56. The Kier molecular flexibility index (Phi) is 2.64. The van der Waals surface area contributed by atoms with E-state index < -0.39 is 0 Å². The fourth-order valence-corrected chi connectivity index (χ4v) is 2.38. The van der Waals surface area contributed by atoms with Crippen molar-refractivity contribution in [3.8, 4) is 0 Å². The van der Waals surface area contributed by atoms with Crippen molar-refractivity contribution in [2.75, 3.05) is 0 Å². The Hall–Kier alpha value is -1.48. The van der Waals surface area contributed by atoms with Crippen LogP contribution in [0.5, 0.6) is 0 Å². The van der Waals surface area contributed by atoms with Gasteiger partial charge in [0.05, 0.1) is 15.9 Å². The minimum absolute atomic E-state index is 0.863. The van der Waals surface area contributed by atoms with Crippen molar-refractivity contribution < 1.29 is 0 Å². The van der Waals surface area contributed by atoms with Gasteiger partial charge in [-0.2, -0.15) is 0 Å². The summed E-state index contributed by atoms with van der Waals surface area (Å²) in [6.07, 6.45) is 3.25. The van der Waals surface area contributed by atoms with Gasteiger partial charge in [0.25, 0.3) is 0 Å². The van der Waals surface area contributed by atoms with Crippen LogP contribution in [0.3, 0.4) is 0 Å². The van der Waals surface area contributed by atoms with E-state index in [1.807, 2.05) is 19.1 Å². The second kappa shape index (κ2) is 3.95. The van der Waals surface area contributed by atoms with E-state index in [0.29, 0.717) is 0 Å². The highest BCUT2D eigenvalue weighted by molar-refractivity contribution is 7.17. The average Bonchev–Trinajstić information content (AvgIpc) is 2.62. The van der Waals surface area contributed by atoms with Gasteiger partial charge in [-0.25, -0.2) is 4.98 Å². The summed E-state index contributed by atoms with van der Waals surface area (Å²) in [4.78, 5) is 4.57. The number of aryl methyl sites for hydroxylation is 1. The number of aromatic nitrogens is 1. The highest BCUT2D eigenvalue weighted by atomic mass is 32.1. The molecule has 2 heterocycles. The molecule has 0 saturated carbocycles. The van der Waals surface area contributed by atoms with E-state index in [2.05, 4.69) is 23.4 Å². The maximum Gasteiger partial charge on any atom is 0.0846 e. The smallest absolute Gasteiger partial charge is 0.0846 e. The maximum atomic E-state index is 7.29. The van der Waals surface area contributed by atoms with Crippen LogP contribution in [0.1, 0.15) is 18.2 Å². The van der Waals surface area contributed by atoms with Crippen molar-refractivity contribution in [3.63, 3.8) is 0 Å². The molecule has 0 unspecified atom stereocenters. The number of rotatable bonds is 2. The first-order valence-corrected chi connectivity index (χ1v) is 5.66. The number of fused-ring (bicyclic) bond motifs is 1. The quantitative estimate of drug-likeness (QED) is 0.764. The molecule has 2 nitrogen and oxygen atoms in total. The van der Waals surface area contributed by atoms with Gasteiger partial charge in [-0.1, -0.05) is 6.08 Å². The van der Waals surface area contributed by atoms with Crippen LogP contribution in [0.15, 0.2) is 23.6 Å². The molecule has 1 N–H and O–H groups in total. The van der Waals surface area contributed by atoms with Crippen LogP contribution >= 0.6 is 11.3 Å². The summed E-state index contributed by atoms with van der Waals surface area (Å²) in [5, 5.41) is 9.40. The molecule has 2 aromatic rings. The summed E-state index contributed by atoms with van der Waals surface area (Å²) >= 11 is 1.71. The zero-order chi connectivity index (χ0) is 10.8. The lowest BCUT2D eigenvalue weighted by molar-refractivity contribution is 1.34. The third-order valence-electron chi connectivity index (χ3n) is 2.36. The third-order valence-corrected chi connectivity index (χ3v) is 3.41. The molecular formula is C12H12N2S. The minimum Gasteiger partial charge on any atom is -0.308 e. The molecule has 3 heteroatoms. The Morgan fingerprint density at radius 3 is 2.93 bits per heavy atom. The molecule has 0 aliphatic carbocycles. The van der Waals surface area contributed by atoms with Crippen molar-refractivity contribution in [1.82, 2.24) is 4.98 Å². The monoisotopic (exact) mass is 216 g/mol. The van der Waals surface area contributed by atoms with Crippen LogP contribution in [-0.4, -0.2) is 11.2 Å².